The summed E-state index contributed by atoms with van der Waals surface area (Å²) in [7, 11) is 0. The van der Waals surface area contributed by atoms with E-state index in [1.54, 1.807) is 6.07 Å². The van der Waals surface area contributed by atoms with Gasteiger partial charge in [-0.15, -0.1) is 0 Å². The van der Waals surface area contributed by atoms with Crippen molar-refractivity contribution in [3.05, 3.63) is 23.9 Å². The average Bonchev–Trinajstić information content (AvgIpc) is 2.01. The highest BCUT2D eigenvalue weighted by atomic mass is 16.3. The van der Waals surface area contributed by atoms with Crippen molar-refractivity contribution in [3.8, 4) is 0 Å². The third kappa shape index (κ3) is 3.42. The molecule has 3 heteroatoms. The first kappa shape index (κ1) is 9.99. The highest BCUT2D eigenvalue weighted by Crippen LogP contribution is 2.11. The summed E-state index contributed by atoms with van der Waals surface area (Å²) in [6.07, 6.45) is 0. The second-order valence-electron chi connectivity index (χ2n) is 4.05. The molecule has 0 fully saturated rings. The molecule has 0 bridgehead atoms. The van der Waals surface area contributed by atoms with Gasteiger partial charge in [-0.1, -0.05) is 6.07 Å². The fourth-order valence-electron chi connectivity index (χ4n) is 1.02. The van der Waals surface area contributed by atoms with Gasteiger partial charge in [0.25, 0.3) is 0 Å². The maximum absolute atomic E-state index is 8.87. The third-order valence-corrected chi connectivity index (χ3v) is 1.47. The number of anilines is 1. The molecule has 1 heterocycles. The highest BCUT2D eigenvalue weighted by molar-refractivity contribution is 5.37. The van der Waals surface area contributed by atoms with E-state index in [1.165, 1.54) is 0 Å². The van der Waals surface area contributed by atoms with Crippen LogP contribution in [0.3, 0.4) is 0 Å². The molecule has 3 nitrogen and oxygen atoms in total. The van der Waals surface area contributed by atoms with E-state index in [-0.39, 0.29) is 12.1 Å². The van der Waals surface area contributed by atoms with Crippen LogP contribution in [0.4, 0.5) is 5.82 Å². The van der Waals surface area contributed by atoms with Crippen LogP contribution in [0.1, 0.15) is 26.5 Å². The topological polar surface area (TPSA) is 45.1 Å². The van der Waals surface area contributed by atoms with Crippen molar-refractivity contribution >= 4 is 5.82 Å². The Morgan fingerprint density at radius 3 is 2.62 bits per heavy atom. The van der Waals surface area contributed by atoms with Crippen LogP contribution in [0.15, 0.2) is 18.2 Å². The van der Waals surface area contributed by atoms with Gasteiger partial charge in [0.2, 0.25) is 0 Å². The number of pyridine rings is 1. The first-order chi connectivity index (χ1) is 6.01. The lowest BCUT2D eigenvalue weighted by Crippen LogP contribution is -2.26. The van der Waals surface area contributed by atoms with Gasteiger partial charge < -0.3 is 10.4 Å². The van der Waals surface area contributed by atoms with Crippen LogP contribution in [-0.4, -0.2) is 15.6 Å². The lowest BCUT2D eigenvalue weighted by Gasteiger charge is -2.21. The summed E-state index contributed by atoms with van der Waals surface area (Å²) in [5, 5.41) is 12.1. The first-order valence-corrected chi connectivity index (χ1v) is 4.36. The van der Waals surface area contributed by atoms with E-state index in [0.29, 0.717) is 5.69 Å². The number of hydrogen-bond acceptors (Lipinski definition) is 3. The smallest absolute Gasteiger partial charge is 0.126 e. The Bertz CT molecular complexity index is 278. The Kier molecular flexibility index (Phi) is 2.88. The summed E-state index contributed by atoms with van der Waals surface area (Å²) >= 11 is 0. The molecule has 0 spiro atoms. The number of rotatable bonds is 2. The zero-order valence-corrected chi connectivity index (χ0v) is 8.33. The number of nitrogens with one attached hydrogen (secondary N) is 1. The molecule has 0 aliphatic heterocycles. The molecular weight excluding hydrogens is 164 g/mol. The summed E-state index contributed by atoms with van der Waals surface area (Å²) < 4.78 is 0. The van der Waals surface area contributed by atoms with Crippen molar-refractivity contribution in [1.82, 2.24) is 4.98 Å². The Hall–Kier alpha value is -1.09. The Morgan fingerprint density at radius 2 is 2.08 bits per heavy atom. The summed E-state index contributed by atoms with van der Waals surface area (Å²) in [5.74, 6) is 0.805. The zero-order valence-electron chi connectivity index (χ0n) is 8.33. The van der Waals surface area contributed by atoms with Crippen LogP contribution in [0.2, 0.25) is 0 Å². The van der Waals surface area contributed by atoms with E-state index in [4.69, 9.17) is 5.11 Å². The van der Waals surface area contributed by atoms with Gasteiger partial charge in [-0.3, -0.25) is 0 Å². The Morgan fingerprint density at radius 1 is 1.38 bits per heavy atom. The number of nitrogens with zero attached hydrogens (tertiary/aromatic N) is 1. The SMILES string of the molecule is CC(C)(C)Nc1cccc(CO)n1. The number of aliphatic hydroxyl groups excluding tert-OH is 1. The van der Waals surface area contributed by atoms with Crippen molar-refractivity contribution in [1.29, 1.82) is 0 Å². The molecular formula is C10H16N2O. The van der Waals surface area contributed by atoms with Crippen LogP contribution < -0.4 is 5.32 Å². The minimum absolute atomic E-state index is 0.00107. The fourth-order valence-corrected chi connectivity index (χ4v) is 1.02. The second kappa shape index (κ2) is 3.75. The van der Waals surface area contributed by atoms with E-state index >= 15 is 0 Å². The highest BCUT2D eigenvalue weighted by Gasteiger charge is 2.09. The minimum atomic E-state index is -0.0142. The second-order valence-corrected chi connectivity index (χ2v) is 4.05. The molecule has 13 heavy (non-hydrogen) atoms. The molecule has 0 amide bonds. The van der Waals surface area contributed by atoms with Crippen molar-refractivity contribution < 1.29 is 5.11 Å². The molecule has 0 saturated heterocycles. The quantitative estimate of drug-likeness (QED) is 0.729. The lowest BCUT2D eigenvalue weighted by atomic mass is 10.1. The van der Waals surface area contributed by atoms with Gasteiger partial charge in [-0.25, -0.2) is 4.98 Å². The molecule has 1 rings (SSSR count). The number of aromatic nitrogens is 1. The van der Waals surface area contributed by atoms with Gasteiger partial charge in [0, 0.05) is 5.54 Å². The lowest BCUT2D eigenvalue weighted by molar-refractivity contribution is 0.277. The van der Waals surface area contributed by atoms with E-state index in [0.717, 1.165) is 5.82 Å². The maximum Gasteiger partial charge on any atom is 0.126 e. The van der Waals surface area contributed by atoms with Crippen molar-refractivity contribution in [2.45, 2.75) is 32.9 Å². The Balaban J connectivity index is 2.78. The monoisotopic (exact) mass is 180 g/mol. The van der Waals surface area contributed by atoms with Crippen molar-refractivity contribution in [2.75, 3.05) is 5.32 Å². The maximum atomic E-state index is 8.87. The predicted molar refractivity (Wildman–Crippen MR) is 53.5 cm³/mol. The van der Waals surface area contributed by atoms with Gasteiger partial charge in [0.05, 0.1) is 12.3 Å². The normalized spacial score (nSPS) is 11.4. The third-order valence-electron chi connectivity index (χ3n) is 1.47. The number of aliphatic hydroxyl groups is 1. The molecule has 2 N–H and O–H groups in total. The van der Waals surface area contributed by atoms with Gasteiger partial charge in [-0.2, -0.15) is 0 Å². The van der Waals surface area contributed by atoms with E-state index in [9.17, 15) is 0 Å². The predicted octanol–water partition coefficient (Wildman–Crippen LogP) is 1.78. The molecule has 0 aromatic carbocycles. The van der Waals surface area contributed by atoms with Crippen LogP contribution >= 0.6 is 0 Å². The summed E-state index contributed by atoms with van der Waals surface area (Å²) in [4.78, 5) is 4.22. The standard InChI is InChI=1S/C10H16N2O/c1-10(2,3)12-9-6-4-5-8(7-13)11-9/h4-6,13H,7H2,1-3H3,(H,11,12). The van der Waals surface area contributed by atoms with Crippen LogP contribution in [0.5, 0.6) is 0 Å². The van der Waals surface area contributed by atoms with Crippen molar-refractivity contribution in [3.63, 3.8) is 0 Å². The van der Waals surface area contributed by atoms with E-state index in [1.807, 2.05) is 12.1 Å². The molecule has 0 atom stereocenters. The van der Waals surface area contributed by atoms with Crippen LogP contribution in [-0.2, 0) is 6.61 Å². The van der Waals surface area contributed by atoms with Crippen LogP contribution in [0, 0.1) is 0 Å². The molecule has 0 aliphatic carbocycles. The molecule has 0 aliphatic rings. The number of hydrogen-bond donors (Lipinski definition) is 2. The molecule has 1 aromatic heterocycles. The molecule has 0 radical (unpaired) electrons. The van der Waals surface area contributed by atoms with Gasteiger partial charge in [-0.05, 0) is 32.9 Å². The van der Waals surface area contributed by atoms with Gasteiger partial charge in [0.1, 0.15) is 5.82 Å². The summed E-state index contributed by atoms with van der Waals surface area (Å²) in [5.41, 5.74) is 0.690. The molecule has 1 aromatic rings. The Labute approximate surface area is 78.8 Å². The molecule has 0 unspecified atom stereocenters. The summed E-state index contributed by atoms with van der Waals surface area (Å²) in [6, 6.07) is 5.57. The fraction of sp³-hybridized carbons (Fsp3) is 0.500. The van der Waals surface area contributed by atoms with E-state index in [2.05, 4.69) is 31.1 Å². The zero-order chi connectivity index (χ0) is 9.90. The van der Waals surface area contributed by atoms with Gasteiger partial charge >= 0.3 is 0 Å². The average molecular weight is 180 g/mol. The first-order valence-electron chi connectivity index (χ1n) is 4.36. The van der Waals surface area contributed by atoms with E-state index < -0.39 is 0 Å². The molecule has 0 saturated carbocycles. The molecule has 72 valence electrons. The largest absolute Gasteiger partial charge is 0.390 e. The minimum Gasteiger partial charge on any atom is -0.390 e. The van der Waals surface area contributed by atoms with Crippen molar-refractivity contribution in [2.24, 2.45) is 0 Å². The van der Waals surface area contributed by atoms with Crippen LogP contribution in [0.25, 0.3) is 0 Å². The summed E-state index contributed by atoms with van der Waals surface area (Å²) in [6.45, 7) is 6.20. The van der Waals surface area contributed by atoms with Gasteiger partial charge in [0.15, 0.2) is 0 Å².